The van der Waals surface area contributed by atoms with Crippen LogP contribution in [-0.2, 0) is 9.59 Å². The van der Waals surface area contributed by atoms with E-state index in [2.05, 4.69) is 13.0 Å². The number of hydrogen-bond donors (Lipinski definition) is 0. The highest BCUT2D eigenvalue weighted by Crippen LogP contribution is 2.41. The molecule has 0 aromatic carbocycles. The molecule has 1 aliphatic heterocycles. The van der Waals surface area contributed by atoms with E-state index in [9.17, 15) is 9.59 Å². The van der Waals surface area contributed by atoms with Crippen LogP contribution in [0.15, 0.2) is 47.1 Å². The molecule has 0 saturated carbocycles. The van der Waals surface area contributed by atoms with E-state index in [1.807, 2.05) is 24.3 Å². The minimum absolute atomic E-state index is 0.164. The van der Waals surface area contributed by atoms with Crippen molar-refractivity contribution in [1.29, 1.82) is 0 Å². The molecule has 2 unspecified atom stereocenters. The van der Waals surface area contributed by atoms with E-state index >= 15 is 0 Å². The fourth-order valence-corrected chi connectivity index (χ4v) is 2.68. The highest BCUT2D eigenvalue weighted by molar-refractivity contribution is 6.18. The summed E-state index contributed by atoms with van der Waals surface area (Å²) in [4.78, 5) is 25.3. The molecule has 2 atom stereocenters. The van der Waals surface area contributed by atoms with Gasteiger partial charge in [-0.1, -0.05) is 31.2 Å². The first-order chi connectivity index (χ1) is 8.11. The van der Waals surface area contributed by atoms with Gasteiger partial charge in [0.05, 0.1) is 0 Å². The van der Waals surface area contributed by atoms with Gasteiger partial charge in [0.25, 0.3) is 11.8 Å². The summed E-state index contributed by atoms with van der Waals surface area (Å²) < 4.78 is 0. The molecule has 1 heterocycles. The van der Waals surface area contributed by atoms with Crippen LogP contribution in [0.5, 0.6) is 0 Å². The molecule has 0 aromatic rings. The van der Waals surface area contributed by atoms with Crippen LogP contribution < -0.4 is 0 Å². The van der Waals surface area contributed by atoms with Crippen molar-refractivity contribution in [2.45, 2.75) is 6.92 Å². The number of allylic oxidation sites excluding steroid dienone is 4. The zero-order valence-corrected chi connectivity index (χ0v) is 9.81. The van der Waals surface area contributed by atoms with Crippen molar-refractivity contribution in [1.82, 2.24) is 4.90 Å². The minimum Gasteiger partial charge on any atom is -0.278 e. The molecule has 3 nitrogen and oxygen atoms in total. The van der Waals surface area contributed by atoms with Crippen molar-refractivity contribution in [2.75, 3.05) is 7.05 Å². The Balaban J connectivity index is 2.27. The Morgan fingerprint density at radius 3 is 2.71 bits per heavy atom. The maximum atomic E-state index is 12.1. The lowest BCUT2D eigenvalue weighted by molar-refractivity contribution is -0.138. The molecule has 0 bridgehead atoms. The lowest BCUT2D eigenvalue weighted by Crippen LogP contribution is -2.42. The summed E-state index contributed by atoms with van der Waals surface area (Å²) in [5, 5.41) is 0. The highest BCUT2D eigenvalue weighted by Gasteiger charge is 2.39. The van der Waals surface area contributed by atoms with Crippen LogP contribution >= 0.6 is 0 Å². The first-order valence-electron chi connectivity index (χ1n) is 5.75. The van der Waals surface area contributed by atoms with Crippen LogP contribution in [0.1, 0.15) is 6.92 Å². The maximum Gasteiger partial charge on any atom is 0.260 e. The predicted molar refractivity (Wildman–Crippen MR) is 63.8 cm³/mol. The average molecular weight is 227 g/mol. The Morgan fingerprint density at radius 2 is 1.94 bits per heavy atom. The van der Waals surface area contributed by atoms with Crippen molar-refractivity contribution in [3.05, 3.63) is 47.1 Å². The van der Waals surface area contributed by atoms with Crippen molar-refractivity contribution in [3.8, 4) is 0 Å². The average Bonchev–Trinajstić information content (AvgIpc) is 2.35. The minimum atomic E-state index is -0.189. The zero-order valence-electron chi connectivity index (χ0n) is 9.81. The highest BCUT2D eigenvalue weighted by atomic mass is 16.2. The van der Waals surface area contributed by atoms with Gasteiger partial charge in [0, 0.05) is 24.1 Å². The Kier molecular flexibility index (Phi) is 1.99. The number of likely N-dealkylation sites (N-methyl/N-ethyl adjacent to an activating group) is 1. The number of carbonyl (C=O) groups excluding carboxylic acids is 2. The van der Waals surface area contributed by atoms with Crippen LogP contribution in [0, 0.1) is 11.8 Å². The van der Waals surface area contributed by atoms with Crippen molar-refractivity contribution < 1.29 is 9.59 Å². The van der Waals surface area contributed by atoms with Gasteiger partial charge < -0.3 is 0 Å². The summed E-state index contributed by atoms with van der Waals surface area (Å²) in [6, 6.07) is 0. The van der Waals surface area contributed by atoms with Gasteiger partial charge in [-0.15, -0.1) is 0 Å². The fraction of sp³-hybridized carbons (Fsp3) is 0.286. The Morgan fingerprint density at radius 1 is 1.18 bits per heavy atom. The molecule has 3 aliphatic rings. The SMILES string of the molecule is CC1C=CC2=C3C(=CC=CC31)C(=O)N(C)C2=O. The van der Waals surface area contributed by atoms with E-state index in [0.29, 0.717) is 17.1 Å². The van der Waals surface area contributed by atoms with E-state index in [1.54, 1.807) is 0 Å². The second-order valence-corrected chi connectivity index (χ2v) is 4.71. The van der Waals surface area contributed by atoms with Gasteiger partial charge in [0.15, 0.2) is 0 Å². The first kappa shape index (κ1) is 10.3. The van der Waals surface area contributed by atoms with Gasteiger partial charge in [0.2, 0.25) is 0 Å². The van der Waals surface area contributed by atoms with E-state index < -0.39 is 0 Å². The maximum absolute atomic E-state index is 12.1. The summed E-state index contributed by atoms with van der Waals surface area (Å²) in [5.74, 6) is 0.116. The molecule has 0 radical (unpaired) electrons. The second-order valence-electron chi connectivity index (χ2n) is 4.71. The van der Waals surface area contributed by atoms with Gasteiger partial charge in [-0.05, 0) is 17.6 Å². The van der Waals surface area contributed by atoms with Crippen molar-refractivity contribution in [2.24, 2.45) is 11.8 Å². The van der Waals surface area contributed by atoms with Gasteiger partial charge in [0.1, 0.15) is 0 Å². The molecule has 2 aliphatic carbocycles. The van der Waals surface area contributed by atoms with Gasteiger partial charge in [-0.25, -0.2) is 0 Å². The lowest BCUT2D eigenvalue weighted by Gasteiger charge is -2.36. The van der Waals surface area contributed by atoms with Gasteiger partial charge >= 0.3 is 0 Å². The number of amides is 2. The zero-order chi connectivity index (χ0) is 12.2. The Labute approximate surface area is 99.8 Å². The largest absolute Gasteiger partial charge is 0.278 e. The molecule has 0 saturated heterocycles. The summed E-state index contributed by atoms with van der Waals surface area (Å²) >= 11 is 0. The van der Waals surface area contributed by atoms with Crippen LogP contribution in [0.2, 0.25) is 0 Å². The standard InChI is InChI=1S/C14H13NO2/c1-8-6-7-11-12-9(8)4-3-5-10(12)13(16)15(2)14(11)17/h3-9H,1-2H3. The quantitative estimate of drug-likeness (QED) is 0.589. The van der Waals surface area contributed by atoms with Gasteiger partial charge in [-0.3, -0.25) is 14.5 Å². The predicted octanol–water partition coefficient (Wildman–Crippen LogP) is 1.60. The van der Waals surface area contributed by atoms with Crippen LogP contribution in [0.25, 0.3) is 0 Å². The third kappa shape index (κ3) is 1.22. The molecular formula is C14H13NO2. The van der Waals surface area contributed by atoms with E-state index in [4.69, 9.17) is 0 Å². The summed E-state index contributed by atoms with van der Waals surface area (Å²) in [7, 11) is 1.54. The molecular weight excluding hydrogens is 214 g/mol. The number of hydrogen-bond acceptors (Lipinski definition) is 2. The van der Waals surface area contributed by atoms with Crippen molar-refractivity contribution >= 4 is 11.8 Å². The van der Waals surface area contributed by atoms with Gasteiger partial charge in [-0.2, -0.15) is 0 Å². The third-order valence-electron chi connectivity index (χ3n) is 3.70. The molecule has 0 aromatic heterocycles. The molecule has 0 N–H and O–H groups in total. The number of rotatable bonds is 0. The Hall–Kier alpha value is -1.90. The summed E-state index contributed by atoms with van der Waals surface area (Å²) in [6.45, 7) is 2.10. The van der Waals surface area contributed by atoms with Crippen LogP contribution in [0.4, 0.5) is 0 Å². The Bertz CT molecular complexity index is 549. The number of nitrogens with zero attached hydrogens (tertiary/aromatic N) is 1. The molecule has 3 heteroatoms. The van der Waals surface area contributed by atoms with E-state index in [0.717, 1.165) is 5.57 Å². The molecule has 17 heavy (non-hydrogen) atoms. The normalized spacial score (nSPS) is 30.7. The molecule has 0 spiro atoms. The smallest absolute Gasteiger partial charge is 0.260 e. The third-order valence-corrected chi connectivity index (χ3v) is 3.70. The lowest BCUT2D eigenvalue weighted by atomic mass is 9.72. The summed E-state index contributed by atoms with van der Waals surface area (Å²) in [5.41, 5.74) is 2.26. The van der Waals surface area contributed by atoms with E-state index in [1.165, 1.54) is 11.9 Å². The van der Waals surface area contributed by atoms with Crippen LogP contribution in [0.3, 0.4) is 0 Å². The molecule has 0 fully saturated rings. The first-order valence-corrected chi connectivity index (χ1v) is 5.75. The number of imide groups is 1. The fourth-order valence-electron chi connectivity index (χ4n) is 2.68. The summed E-state index contributed by atoms with van der Waals surface area (Å²) in [6.07, 6.45) is 9.69. The van der Waals surface area contributed by atoms with E-state index in [-0.39, 0.29) is 17.7 Å². The molecule has 2 amide bonds. The molecule has 3 rings (SSSR count). The molecule has 86 valence electrons. The van der Waals surface area contributed by atoms with Crippen LogP contribution in [-0.4, -0.2) is 23.8 Å². The second kappa shape index (κ2) is 3.29. The number of carbonyl (C=O) groups is 2. The topological polar surface area (TPSA) is 37.4 Å². The van der Waals surface area contributed by atoms with Crippen molar-refractivity contribution in [3.63, 3.8) is 0 Å². The monoisotopic (exact) mass is 227 g/mol.